The van der Waals surface area contributed by atoms with Crippen LogP contribution in [-0.2, 0) is 38.1 Å². The Morgan fingerprint density at radius 3 is 1.21 bits per heavy atom. The Labute approximate surface area is 284 Å². The van der Waals surface area contributed by atoms with Gasteiger partial charge in [0.2, 0.25) is 0 Å². The van der Waals surface area contributed by atoms with Gasteiger partial charge in [0.15, 0.2) is 0 Å². The third-order valence-corrected chi connectivity index (χ3v) is 6.72. The molecular formula is C36H63N3O8. The van der Waals surface area contributed by atoms with Crippen LogP contribution < -0.4 is 0 Å². The summed E-state index contributed by atoms with van der Waals surface area (Å²) in [6.45, 7) is 14.6. The molecule has 0 saturated heterocycles. The molecule has 0 radical (unpaired) electrons. The van der Waals surface area contributed by atoms with Gasteiger partial charge in [-0.05, 0) is 73.8 Å². The van der Waals surface area contributed by atoms with Gasteiger partial charge in [0.1, 0.15) is 26.1 Å². The zero-order chi connectivity index (χ0) is 35.4. The quantitative estimate of drug-likeness (QED) is 0.0505. The van der Waals surface area contributed by atoms with Gasteiger partial charge in [-0.2, -0.15) is 0 Å². The van der Waals surface area contributed by atoms with Crippen molar-refractivity contribution in [1.29, 1.82) is 0 Å². The van der Waals surface area contributed by atoms with Crippen LogP contribution in [0.1, 0.15) is 66.2 Å². The summed E-state index contributed by atoms with van der Waals surface area (Å²) < 4.78 is 20.2. The molecule has 47 heavy (non-hydrogen) atoms. The number of aldehydes is 1. The van der Waals surface area contributed by atoms with Gasteiger partial charge < -0.3 is 38.4 Å². The first-order chi connectivity index (χ1) is 22.8. The van der Waals surface area contributed by atoms with E-state index >= 15 is 0 Å². The van der Waals surface area contributed by atoms with Crippen molar-refractivity contribution < 1.29 is 38.1 Å². The third kappa shape index (κ3) is 34.0. The Morgan fingerprint density at radius 2 is 0.894 bits per heavy atom. The second-order valence-corrected chi connectivity index (χ2v) is 10.7. The minimum atomic E-state index is -0.258. The molecule has 0 aliphatic heterocycles. The van der Waals surface area contributed by atoms with Crippen LogP contribution in [0.2, 0.25) is 0 Å². The van der Waals surface area contributed by atoms with Crippen molar-refractivity contribution in [1.82, 2.24) is 14.7 Å². The van der Waals surface area contributed by atoms with Crippen molar-refractivity contribution in [3.63, 3.8) is 0 Å². The molecule has 0 aromatic rings. The number of hydrogen-bond donors (Lipinski definition) is 0. The summed E-state index contributed by atoms with van der Waals surface area (Å²) in [4.78, 5) is 53.4. The molecule has 0 amide bonds. The zero-order valence-electron chi connectivity index (χ0n) is 30.0. The van der Waals surface area contributed by atoms with Gasteiger partial charge in [0.25, 0.3) is 0 Å². The summed E-state index contributed by atoms with van der Waals surface area (Å²) in [5.74, 6) is -0.755. The molecule has 11 nitrogen and oxygen atoms in total. The molecule has 11 heteroatoms. The van der Waals surface area contributed by atoms with E-state index in [4.69, 9.17) is 18.9 Å². The van der Waals surface area contributed by atoms with Crippen LogP contribution in [0.4, 0.5) is 0 Å². The predicted molar refractivity (Wildman–Crippen MR) is 188 cm³/mol. The molecule has 0 rings (SSSR count). The molecule has 0 atom stereocenters. The predicted octanol–water partition coefficient (Wildman–Crippen LogP) is 4.63. The molecule has 0 spiro atoms. The van der Waals surface area contributed by atoms with E-state index in [1.807, 2.05) is 58.1 Å². The molecule has 0 heterocycles. The van der Waals surface area contributed by atoms with E-state index in [-0.39, 0.29) is 50.6 Å². The van der Waals surface area contributed by atoms with Crippen molar-refractivity contribution >= 4 is 24.2 Å². The van der Waals surface area contributed by atoms with Gasteiger partial charge in [-0.1, -0.05) is 48.6 Å². The third-order valence-electron chi connectivity index (χ3n) is 6.72. The first-order valence-electron chi connectivity index (χ1n) is 16.7. The number of carbonyl (C=O) groups is 4. The Morgan fingerprint density at radius 1 is 0.532 bits per heavy atom. The number of hydrogen-bond acceptors (Lipinski definition) is 11. The van der Waals surface area contributed by atoms with Crippen molar-refractivity contribution in [3.8, 4) is 0 Å². The normalized spacial score (nSPS) is 11.7. The number of allylic oxidation sites excluding steroid dienone is 4. The highest BCUT2D eigenvalue weighted by atomic mass is 16.5. The maximum atomic E-state index is 12.1. The van der Waals surface area contributed by atoms with Crippen LogP contribution >= 0.6 is 0 Å². The van der Waals surface area contributed by atoms with E-state index in [0.29, 0.717) is 39.0 Å². The molecule has 0 bridgehead atoms. The van der Waals surface area contributed by atoms with Gasteiger partial charge in [-0.25, -0.2) is 0 Å². The molecular weight excluding hydrogens is 602 g/mol. The second kappa shape index (κ2) is 35.7. The Hall–Kier alpha value is -3.12. The standard InChI is InChI=1S/C31H53N3O7.C5H10O/c1-5-8-26-39-29(36)14-22-33(21-13-25-35)19-11-17-32(4)18-12-20-34(23-15-30(37)40-27-9-6-2)24-16-31(38)41-28-10-7-3;1-3-4-5-6-2/h5-10,25H,11-24,26-28H2,1-4H3;3-4H,5H2,1-2H3/b8-5-,9-6-,10-7-;4-3-. The fourth-order valence-corrected chi connectivity index (χ4v) is 4.02. The van der Waals surface area contributed by atoms with Crippen molar-refractivity contribution in [2.75, 3.05) is 92.9 Å². The second-order valence-electron chi connectivity index (χ2n) is 10.7. The number of esters is 3. The largest absolute Gasteiger partial charge is 0.461 e. The number of ether oxygens (including phenoxy) is 4. The van der Waals surface area contributed by atoms with Crippen LogP contribution in [0.15, 0.2) is 48.6 Å². The van der Waals surface area contributed by atoms with Crippen molar-refractivity contribution in [2.24, 2.45) is 0 Å². The summed E-state index contributed by atoms with van der Waals surface area (Å²) in [5, 5.41) is 0. The number of nitrogens with zero attached hydrogens (tertiary/aromatic N) is 3. The van der Waals surface area contributed by atoms with Gasteiger partial charge in [-0.3, -0.25) is 14.4 Å². The molecule has 0 N–H and O–H groups in total. The minimum absolute atomic E-state index is 0.238. The van der Waals surface area contributed by atoms with E-state index in [2.05, 4.69) is 21.7 Å². The highest BCUT2D eigenvalue weighted by Gasteiger charge is 2.13. The van der Waals surface area contributed by atoms with E-state index in [1.165, 1.54) is 0 Å². The maximum absolute atomic E-state index is 12.1. The van der Waals surface area contributed by atoms with Crippen molar-refractivity contribution in [2.45, 2.75) is 66.2 Å². The lowest BCUT2D eigenvalue weighted by Gasteiger charge is -2.25. The van der Waals surface area contributed by atoms with E-state index in [9.17, 15) is 19.2 Å². The average Bonchev–Trinajstić information content (AvgIpc) is 3.06. The van der Waals surface area contributed by atoms with Gasteiger partial charge in [0.05, 0.1) is 25.9 Å². The summed E-state index contributed by atoms with van der Waals surface area (Å²) in [6.07, 6.45) is 18.7. The molecule has 0 aliphatic rings. The van der Waals surface area contributed by atoms with Crippen LogP contribution in [0.5, 0.6) is 0 Å². The first-order valence-corrected chi connectivity index (χ1v) is 16.7. The number of carbonyl (C=O) groups excluding carboxylic acids is 4. The molecule has 0 aromatic heterocycles. The molecule has 0 fully saturated rings. The Bertz CT molecular complexity index is 873. The summed E-state index contributed by atoms with van der Waals surface area (Å²) in [6, 6.07) is 0. The summed E-state index contributed by atoms with van der Waals surface area (Å²) >= 11 is 0. The highest BCUT2D eigenvalue weighted by Crippen LogP contribution is 2.03. The van der Waals surface area contributed by atoms with Gasteiger partial charge in [-0.15, -0.1) is 0 Å². The Kier molecular flexibility index (Phi) is 35.0. The zero-order valence-corrected chi connectivity index (χ0v) is 30.0. The Balaban J connectivity index is 0. The van der Waals surface area contributed by atoms with Crippen LogP contribution in [-0.4, -0.2) is 132 Å². The lowest BCUT2D eigenvalue weighted by molar-refractivity contribution is -0.144. The van der Waals surface area contributed by atoms with Crippen LogP contribution in [0, 0.1) is 0 Å². The average molecular weight is 666 g/mol. The van der Waals surface area contributed by atoms with E-state index in [1.54, 1.807) is 25.3 Å². The van der Waals surface area contributed by atoms with Crippen molar-refractivity contribution in [3.05, 3.63) is 48.6 Å². The molecule has 0 unspecified atom stereocenters. The SMILES string of the molecule is C/C=C\COC.C/C=C\COC(=O)CCN(CCC=O)CCCN(C)CCCN(CCC(=O)OC/C=C\C)CCC(=O)OC/C=C\C. The van der Waals surface area contributed by atoms with E-state index in [0.717, 1.165) is 51.9 Å². The van der Waals surface area contributed by atoms with Crippen LogP contribution in [0.3, 0.4) is 0 Å². The summed E-state index contributed by atoms with van der Waals surface area (Å²) in [7, 11) is 3.75. The number of methoxy groups -OCH3 is 1. The lowest BCUT2D eigenvalue weighted by Crippen LogP contribution is -2.34. The minimum Gasteiger partial charge on any atom is -0.461 e. The molecule has 270 valence electrons. The lowest BCUT2D eigenvalue weighted by atomic mass is 10.2. The van der Waals surface area contributed by atoms with Crippen LogP contribution in [0.25, 0.3) is 0 Å². The summed E-state index contributed by atoms with van der Waals surface area (Å²) in [5.41, 5.74) is 0. The maximum Gasteiger partial charge on any atom is 0.307 e. The number of rotatable bonds is 28. The van der Waals surface area contributed by atoms with E-state index < -0.39 is 0 Å². The molecule has 0 aliphatic carbocycles. The topological polar surface area (TPSA) is 115 Å². The highest BCUT2D eigenvalue weighted by molar-refractivity contribution is 5.70. The van der Waals surface area contributed by atoms with Gasteiger partial charge in [0, 0.05) is 39.7 Å². The fraction of sp³-hybridized carbons (Fsp3) is 0.667. The molecule has 0 aromatic carbocycles. The molecule has 0 saturated carbocycles. The smallest absolute Gasteiger partial charge is 0.307 e. The van der Waals surface area contributed by atoms with Gasteiger partial charge >= 0.3 is 17.9 Å². The first kappa shape index (κ1) is 46.0. The fourth-order valence-electron chi connectivity index (χ4n) is 4.02. The monoisotopic (exact) mass is 665 g/mol.